The summed E-state index contributed by atoms with van der Waals surface area (Å²) in [7, 11) is 4.21. The van der Waals surface area contributed by atoms with Gasteiger partial charge >= 0.3 is 0 Å². The summed E-state index contributed by atoms with van der Waals surface area (Å²) in [6.07, 6.45) is 0.734. The Kier molecular flexibility index (Phi) is 7.69. The van der Waals surface area contributed by atoms with E-state index in [0.29, 0.717) is 17.2 Å². The van der Waals surface area contributed by atoms with E-state index in [9.17, 15) is 0 Å². The van der Waals surface area contributed by atoms with E-state index in [0.717, 1.165) is 16.5 Å². The van der Waals surface area contributed by atoms with Gasteiger partial charge in [-0.25, -0.2) is 0 Å². The van der Waals surface area contributed by atoms with Gasteiger partial charge in [-0.05, 0) is 69.4 Å². The minimum atomic E-state index is -0.700. The van der Waals surface area contributed by atoms with Crippen molar-refractivity contribution in [2.45, 2.75) is 6.42 Å². The molecule has 0 aliphatic carbocycles. The number of hydrogen-bond donors (Lipinski definition) is 0. The number of methoxy groups -OCH3 is 3. The second-order valence-electron chi connectivity index (χ2n) is 7.47. The van der Waals surface area contributed by atoms with Crippen molar-refractivity contribution in [3.8, 4) is 17.2 Å². The third-order valence-corrected chi connectivity index (χ3v) is 9.17. The van der Waals surface area contributed by atoms with Gasteiger partial charge in [-0.2, -0.15) is 0 Å². The summed E-state index contributed by atoms with van der Waals surface area (Å²) >= 11 is 3.96. The molecule has 0 aliphatic rings. The predicted octanol–water partition coefficient (Wildman–Crippen LogP) is 5.82. The van der Waals surface area contributed by atoms with Gasteiger partial charge in [0.05, 0.1) is 21.3 Å². The Morgan fingerprint density at radius 2 is 1.21 bits per heavy atom. The summed E-state index contributed by atoms with van der Waals surface area (Å²) in [4.78, 5) is 0. The molecule has 0 bridgehead atoms. The first kappa shape index (κ1) is 23.4. The second kappa shape index (κ2) is 10.9. The second-order valence-corrected chi connectivity index (χ2v) is 10.4. The van der Waals surface area contributed by atoms with Crippen molar-refractivity contribution >= 4 is 39.8 Å². The van der Waals surface area contributed by atoms with Crippen molar-refractivity contribution < 1.29 is 14.2 Å². The molecule has 0 radical (unpaired) electrons. The van der Waals surface area contributed by atoms with E-state index >= 15 is 0 Å². The van der Waals surface area contributed by atoms with Crippen molar-refractivity contribution in [1.29, 1.82) is 0 Å². The number of benzene rings is 4. The molecule has 0 fully saturated rings. The average Bonchev–Trinajstić information content (AvgIpc) is 2.87. The molecule has 0 aliphatic heterocycles. The fourth-order valence-electron chi connectivity index (χ4n) is 3.91. The van der Waals surface area contributed by atoms with Crippen molar-refractivity contribution in [1.82, 2.24) is 0 Å². The molecular weight excluding hydrogens is 495 g/mol. The highest BCUT2D eigenvalue weighted by molar-refractivity contribution is 9.10. The van der Waals surface area contributed by atoms with Crippen LogP contribution >= 0.6 is 23.9 Å². The molecule has 0 unspecified atom stereocenters. The zero-order chi connectivity index (χ0) is 23.2. The van der Waals surface area contributed by atoms with E-state index < -0.39 is 7.92 Å². The van der Waals surface area contributed by atoms with Gasteiger partial charge in [0.1, 0.15) is 0 Å². The predicted molar refractivity (Wildman–Crippen MR) is 142 cm³/mol. The van der Waals surface area contributed by atoms with E-state index in [4.69, 9.17) is 14.2 Å². The minimum absolute atomic E-state index is 0.605. The summed E-state index contributed by atoms with van der Waals surface area (Å²) in [5, 5.41) is 3.95. The van der Waals surface area contributed by atoms with Crippen LogP contribution in [0.5, 0.6) is 17.2 Å². The first-order valence-corrected chi connectivity index (χ1v) is 12.8. The lowest BCUT2D eigenvalue weighted by Crippen LogP contribution is -2.22. The van der Waals surface area contributed by atoms with E-state index in [1.807, 2.05) is 12.1 Å². The van der Waals surface area contributed by atoms with Crippen LogP contribution in [0.3, 0.4) is 0 Å². The van der Waals surface area contributed by atoms with E-state index in [1.54, 1.807) is 21.3 Å². The standard InChI is InChI=1S/C28H26BrO3P/c1-30-24-18-20(19-25(31-2)28(24)32-3)17-21-11-10-16-26(27(21)29)33(22-12-6-4-7-13-22)23-14-8-5-9-15-23/h4-16,18-19H,17H2,1-3H3. The third kappa shape index (κ3) is 5.08. The SMILES string of the molecule is COc1cc(Cc2cccc(P(c3ccccc3)c3ccccc3)c2Br)cc(OC)c1OC. The molecule has 4 aromatic carbocycles. The molecule has 4 aromatic rings. The number of rotatable bonds is 8. The molecular formula is C28H26BrO3P. The Balaban J connectivity index is 1.78. The highest BCUT2D eigenvalue weighted by Gasteiger charge is 2.21. The maximum atomic E-state index is 5.55. The van der Waals surface area contributed by atoms with Crippen LogP contribution in [0.1, 0.15) is 11.1 Å². The van der Waals surface area contributed by atoms with Gasteiger partial charge < -0.3 is 14.2 Å². The molecule has 0 saturated carbocycles. The summed E-state index contributed by atoms with van der Waals surface area (Å²) in [5.41, 5.74) is 2.30. The molecule has 0 spiro atoms. The summed E-state index contributed by atoms with van der Waals surface area (Å²) in [5.74, 6) is 1.93. The first-order valence-electron chi connectivity index (χ1n) is 10.6. The van der Waals surface area contributed by atoms with Crippen molar-refractivity contribution in [3.63, 3.8) is 0 Å². The lowest BCUT2D eigenvalue weighted by Gasteiger charge is -2.22. The largest absolute Gasteiger partial charge is 0.493 e. The molecule has 4 rings (SSSR count). The number of hydrogen-bond acceptors (Lipinski definition) is 3. The Morgan fingerprint density at radius 3 is 1.70 bits per heavy atom. The zero-order valence-corrected chi connectivity index (χ0v) is 21.4. The Bertz CT molecular complexity index is 1150. The maximum absolute atomic E-state index is 5.55. The molecule has 168 valence electrons. The zero-order valence-electron chi connectivity index (χ0n) is 18.9. The van der Waals surface area contributed by atoms with Gasteiger partial charge in [0.15, 0.2) is 11.5 Å². The Labute approximate surface area is 205 Å². The summed E-state index contributed by atoms with van der Waals surface area (Å²) < 4.78 is 17.7. The van der Waals surface area contributed by atoms with Crippen LogP contribution < -0.4 is 30.1 Å². The topological polar surface area (TPSA) is 27.7 Å². The molecule has 0 amide bonds. The molecule has 0 N–H and O–H groups in total. The summed E-state index contributed by atoms with van der Waals surface area (Å²) in [6, 6.07) is 32.0. The van der Waals surface area contributed by atoms with Gasteiger partial charge in [0, 0.05) is 4.47 Å². The lowest BCUT2D eigenvalue weighted by molar-refractivity contribution is 0.324. The van der Waals surface area contributed by atoms with Gasteiger partial charge in [-0.15, -0.1) is 0 Å². The molecule has 5 heteroatoms. The van der Waals surface area contributed by atoms with E-state index in [2.05, 4.69) is 94.8 Å². The van der Waals surface area contributed by atoms with Crippen molar-refractivity contribution in [2.75, 3.05) is 21.3 Å². The highest BCUT2D eigenvalue weighted by atomic mass is 79.9. The minimum Gasteiger partial charge on any atom is -0.493 e. The first-order chi connectivity index (χ1) is 16.2. The smallest absolute Gasteiger partial charge is 0.203 e. The quantitative estimate of drug-likeness (QED) is 0.274. The van der Waals surface area contributed by atoms with Crippen LogP contribution in [0.2, 0.25) is 0 Å². The molecule has 3 nitrogen and oxygen atoms in total. The average molecular weight is 521 g/mol. The van der Waals surface area contributed by atoms with Gasteiger partial charge in [-0.3, -0.25) is 0 Å². The third-order valence-electron chi connectivity index (χ3n) is 5.45. The van der Waals surface area contributed by atoms with E-state index in [-0.39, 0.29) is 0 Å². The van der Waals surface area contributed by atoms with Crippen LogP contribution in [-0.2, 0) is 6.42 Å². The molecule has 0 aromatic heterocycles. The van der Waals surface area contributed by atoms with Gasteiger partial charge in [0.25, 0.3) is 0 Å². The van der Waals surface area contributed by atoms with Crippen LogP contribution in [0.4, 0.5) is 0 Å². The lowest BCUT2D eigenvalue weighted by atomic mass is 10.0. The highest BCUT2D eigenvalue weighted by Crippen LogP contribution is 2.40. The maximum Gasteiger partial charge on any atom is 0.203 e. The van der Waals surface area contributed by atoms with Gasteiger partial charge in [-0.1, -0.05) is 78.9 Å². The Hall–Kier alpha value is -2.81. The molecule has 0 heterocycles. The van der Waals surface area contributed by atoms with Crippen molar-refractivity contribution in [2.24, 2.45) is 0 Å². The normalized spacial score (nSPS) is 10.8. The van der Waals surface area contributed by atoms with Crippen LogP contribution in [-0.4, -0.2) is 21.3 Å². The van der Waals surface area contributed by atoms with Gasteiger partial charge in [0.2, 0.25) is 5.75 Å². The fourth-order valence-corrected chi connectivity index (χ4v) is 7.22. The fraction of sp³-hybridized carbons (Fsp3) is 0.143. The van der Waals surface area contributed by atoms with E-state index in [1.165, 1.54) is 21.5 Å². The number of halogens is 1. The van der Waals surface area contributed by atoms with Crippen LogP contribution in [0, 0.1) is 0 Å². The Morgan fingerprint density at radius 1 is 0.667 bits per heavy atom. The monoisotopic (exact) mass is 520 g/mol. The number of ether oxygens (including phenoxy) is 3. The van der Waals surface area contributed by atoms with Crippen molar-refractivity contribution in [3.05, 3.63) is 107 Å². The van der Waals surface area contributed by atoms with Crippen LogP contribution in [0.25, 0.3) is 0 Å². The summed E-state index contributed by atoms with van der Waals surface area (Å²) in [6.45, 7) is 0. The molecule has 33 heavy (non-hydrogen) atoms. The molecule has 0 atom stereocenters. The molecule has 0 saturated heterocycles. The van der Waals surface area contributed by atoms with Crippen LogP contribution in [0.15, 0.2) is 95.5 Å².